The second-order valence-electron chi connectivity index (χ2n) is 5.20. The fourth-order valence-corrected chi connectivity index (χ4v) is 2.76. The molecule has 3 nitrogen and oxygen atoms in total. The quantitative estimate of drug-likeness (QED) is 0.720. The van der Waals surface area contributed by atoms with Crippen LogP contribution in [0.1, 0.15) is 39.0 Å². The fourth-order valence-electron chi connectivity index (χ4n) is 2.76. The van der Waals surface area contributed by atoms with E-state index in [1.807, 2.05) is 6.92 Å². The van der Waals surface area contributed by atoms with Crippen molar-refractivity contribution < 1.29 is 9.90 Å². The van der Waals surface area contributed by atoms with Crippen LogP contribution in [0.15, 0.2) is 0 Å². The molecule has 1 amide bonds. The number of carbonyl (C=O) groups is 1. The monoisotopic (exact) mass is 211 g/mol. The third-order valence-electron chi connectivity index (χ3n) is 3.80. The number of fused-ring (bicyclic) bond motifs is 1. The number of amides is 1. The first-order chi connectivity index (χ1) is 7.20. The first-order valence-electron chi connectivity index (χ1n) is 6.12. The second kappa shape index (κ2) is 4.52. The molecule has 0 aromatic heterocycles. The number of hydrogen-bond donors (Lipinski definition) is 2. The van der Waals surface area contributed by atoms with Crippen molar-refractivity contribution in [3.8, 4) is 0 Å². The average Bonchev–Trinajstić information content (AvgIpc) is 2.82. The number of carbonyl (C=O) groups excluding carboxylic acids is 1. The highest BCUT2D eigenvalue weighted by Gasteiger charge is 2.47. The molecule has 0 heterocycles. The Bertz CT molecular complexity index is 232. The summed E-state index contributed by atoms with van der Waals surface area (Å²) in [5.41, 5.74) is 0. The van der Waals surface area contributed by atoms with Gasteiger partial charge in [0.15, 0.2) is 0 Å². The lowest BCUT2D eigenvalue weighted by molar-refractivity contribution is -0.125. The van der Waals surface area contributed by atoms with E-state index in [0.717, 1.165) is 37.5 Å². The van der Waals surface area contributed by atoms with Gasteiger partial charge in [-0.05, 0) is 50.9 Å². The third-order valence-corrected chi connectivity index (χ3v) is 3.80. The van der Waals surface area contributed by atoms with Gasteiger partial charge in [-0.3, -0.25) is 4.79 Å². The van der Waals surface area contributed by atoms with Crippen LogP contribution in [0.2, 0.25) is 0 Å². The summed E-state index contributed by atoms with van der Waals surface area (Å²) in [6, 6.07) is 0.210. The van der Waals surface area contributed by atoms with Crippen molar-refractivity contribution in [2.45, 2.75) is 45.1 Å². The molecule has 3 heteroatoms. The Balaban J connectivity index is 1.67. The van der Waals surface area contributed by atoms with E-state index < -0.39 is 0 Å². The summed E-state index contributed by atoms with van der Waals surface area (Å²) >= 11 is 0. The van der Waals surface area contributed by atoms with E-state index in [-0.39, 0.29) is 24.5 Å². The van der Waals surface area contributed by atoms with Gasteiger partial charge in [0.05, 0.1) is 0 Å². The second-order valence-corrected chi connectivity index (χ2v) is 5.20. The average molecular weight is 211 g/mol. The molecule has 2 aliphatic carbocycles. The van der Waals surface area contributed by atoms with Crippen molar-refractivity contribution >= 4 is 5.91 Å². The lowest BCUT2D eigenvalue weighted by atomic mass is 10.0. The first-order valence-corrected chi connectivity index (χ1v) is 6.12. The molecule has 3 unspecified atom stereocenters. The number of hydrogen-bond acceptors (Lipinski definition) is 2. The molecule has 0 aromatic rings. The van der Waals surface area contributed by atoms with Gasteiger partial charge in [0.25, 0.3) is 0 Å². The summed E-state index contributed by atoms with van der Waals surface area (Å²) < 4.78 is 0. The maximum atomic E-state index is 11.8. The normalized spacial score (nSPS) is 34.7. The minimum absolute atomic E-state index is 0.210. The zero-order valence-electron chi connectivity index (χ0n) is 9.41. The highest BCUT2D eigenvalue weighted by atomic mass is 16.2. The molecule has 2 saturated carbocycles. The fraction of sp³-hybridized carbons (Fsp3) is 0.917. The van der Waals surface area contributed by atoms with Gasteiger partial charge in [0.2, 0.25) is 5.91 Å². The van der Waals surface area contributed by atoms with Gasteiger partial charge in [-0.2, -0.15) is 0 Å². The summed E-state index contributed by atoms with van der Waals surface area (Å²) in [5, 5.41) is 11.7. The largest absolute Gasteiger partial charge is 0.396 e. The van der Waals surface area contributed by atoms with Gasteiger partial charge in [-0.25, -0.2) is 0 Å². The minimum atomic E-state index is 0.210. The summed E-state index contributed by atoms with van der Waals surface area (Å²) in [5.74, 6) is 2.26. The van der Waals surface area contributed by atoms with Crippen LogP contribution in [0.25, 0.3) is 0 Å². The maximum Gasteiger partial charge on any atom is 0.223 e. The van der Waals surface area contributed by atoms with Gasteiger partial charge in [-0.1, -0.05) is 0 Å². The SMILES string of the molecule is CC(CCCO)NC(=O)C1CC2CC2C1. The Labute approximate surface area is 91.2 Å². The summed E-state index contributed by atoms with van der Waals surface area (Å²) in [4.78, 5) is 11.8. The predicted octanol–water partition coefficient (Wildman–Crippen LogP) is 1.31. The highest BCUT2D eigenvalue weighted by molar-refractivity contribution is 5.79. The summed E-state index contributed by atoms with van der Waals surface area (Å²) in [6.45, 7) is 2.23. The van der Waals surface area contributed by atoms with Crippen LogP contribution in [0.3, 0.4) is 0 Å². The van der Waals surface area contributed by atoms with Crippen molar-refractivity contribution in [3.63, 3.8) is 0 Å². The molecular formula is C12H21NO2. The molecule has 0 saturated heterocycles. The van der Waals surface area contributed by atoms with E-state index in [1.54, 1.807) is 0 Å². The molecule has 2 fully saturated rings. The Morgan fingerprint density at radius 2 is 2.07 bits per heavy atom. The third kappa shape index (κ3) is 2.71. The Morgan fingerprint density at radius 3 is 2.67 bits per heavy atom. The van der Waals surface area contributed by atoms with Crippen LogP contribution < -0.4 is 5.32 Å². The van der Waals surface area contributed by atoms with Crippen molar-refractivity contribution in [2.24, 2.45) is 17.8 Å². The smallest absolute Gasteiger partial charge is 0.223 e. The van der Waals surface area contributed by atoms with Crippen LogP contribution in [0.4, 0.5) is 0 Å². The van der Waals surface area contributed by atoms with E-state index in [0.29, 0.717) is 0 Å². The lowest BCUT2D eigenvalue weighted by Gasteiger charge is -2.17. The number of nitrogens with one attached hydrogen (secondary N) is 1. The number of aliphatic hydroxyl groups excluding tert-OH is 1. The van der Waals surface area contributed by atoms with E-state index >= 15 is 0 Å². The van der Waals surface area contributed by atoms with E-state index in [9.17, 15) is 4.79 Å². The molecule has 0 radical (unpaired) electrons. The van der Waals surface area contributed by atoms with E-state index in [2.05, 4.69) is 5.32 Å². The molecule has 0 bridgehead atoms. The Hall–Kier alpha value is -0.570. The van der Waals surface area contributed by atoms with Gasteiger partial charge in [-0.15, -0.1) is 0 Å². The highest BCUT2D eigenvalue weighted by Crippen LogP contribution is 2.54. The van der Waals surface area contributed by atoms with Crippen LogP contribution in [-0.2, 0) is 4.79 Å². The minimum Gasteiger partial charge on any atom is -0.396 e. The molecular weight excluding hydrogens is 190 g/mol. The van der Waals surface area contributed by atoms with Crippen LogP contribution >= 0.6 is 0 Å². The topological polar surface area (TPSA) is 49.3 Å². The van der Waals surface area contributed by atoms with Crippen LogP contribution in [0.5, 0.6) is 0 Å². The Morgan fingerprint density at radius 1 is 1.40 bits per heavy atom. The van der Waals surface area contributed by atoms with Crippen molar-refractivity contribution in [2.75, 3.05) is 6.61 Å². The molecule has 15 heavy (non-hydrogen) atoms. The van der Waals surface area contributed by atoms with E-state index in [4.69, 9.17) is 5.11 Å². The lowest BCUT2D eigenvalue weighted by Crippen LogP contribution is -2.36. The molecule has 0 aromatic carbocycles. The number of aliphatic hydroxyl groups is 1. The molecule has 2 aliphatic rings. The molecule has 0 spiro atoms. The van der Waals surface area contributed by atoms with Gasteiger partial charge in [0, 0.05) is 18.6 Å². The van der Waals surface area contributed by atoms with Gasteiger partial charge < -0.3 is 10.4 Å². The molecule has 3 atom stereocenters. The zero-order valence-corrected chi connectivity index (χ0v) is 9.41. The Kier molecular flexibility index (Phi) is 3.29. The van der Waals surface area contributed by atoms with Gasteiger partial charge >= 0.3 is 0 Å². The summed E-state index contributed by atoms with van der Waals surface area (Å²) in [6.07, 6.45) is 5.25. The zero-order chi connectivity index (χ0) is 10.8. The maximum absolute atomic E-state index is 11.8. The van der Waals surface area contributed by atoms with Gasteiger partial charge in [0.1, 0.15) is 0 Å². The first kappa shape index (κ1) is 10.9. The van der Waals surface area contributed by atoms with Crippen molar-refractivity contribution in [1.29, 1.82) is 0 Å². The molecule has 0 aliphatic heterocycles. The van der Waals surface area contributed by atoms with Crippen molar-refractivity contribution in [1.82, 2.24) is 5.32 Å². The number of rotatable bonds is 5. The van der Waals surface area contributed by atoms with Crippen LogP contribution in [-0.4, -0.2) is 23.7 Å². The molecule has 2 N–H and O–H groups in total. The molecule has 86 valence electrons. The summed E-state index contributed by atoms with van der Waals surface area (Å²) in [7, 11) is 0. The van der Waals surface area contributed by atoms with Crippen molar-refractivity contribution in [3.05, 3.63) is 0 Å². The standard InChI is InChI=1S/C12H21NO2/c1-8(3-2-4-14)13-12(15)11-6-9-5-10(9)7-11/h8-11,14H,2-7H2,1H3,(H,13,15). The van der Waals surface area contributed by atoms with E-state index in [1.165, 1.54) is 6.42 Å². The molecule has 2 rings (SSSR count). The van der Waals surface area contributed by atoms with Crippen LogP contribution in [0, 0.1) is 17.8 Å². The predicted molar refractivity (Wildman–Crippen MR) is 58.2 cm³/mol.